The van der Waals surface area contributed by atoms with Crippen molar-refractivity contribution in [2.75, 3.05) is 19.6 Å². The first-order valence-corrected chi connectivity index (χ1v) is 6.69. The third-order valence-electron chi connectivity index (χ3n) is 3.72. The Kier molecular flexibility index (Phi) is 3.23. The second kappa shape index (κ2) is 5.02. The van der Waals surface area contributed by atoms with E-state index in [9.17, 15) is 4.79 Å². The predicted molar refractivity (Wildman–Crippen MR) is 67.2 cm³/mol. The van der Waals surface area contributed by atoms with E-state index in [1.165, 1.54) is 12.7 Å². The van der Waals surface area contributed by atoms with E-state index < -0.39 is 0 Å². The van der Waals surface area contributed by atoms with Crippen molar-refractivity contribution in [1.82, 2.24) is 20.2 Å². The third kappa shape index (κ3) is 2.10. The maximum absolute atomic E-state index is 12.5. The van der Waals surface area contributed by atoms with Crippen molar-refractivity contribution in [3.63, 3.8) is 0 Å². The van der Waals surface area contributed by atoms with Gasteiger partial charge in [0.2, 0.25) is 0 Å². The first kappa shape index (κ1) is 11.6. The molecular formula is C13H18N4O. The van der Waals surface area contributed by atoms with E-state index in [2.05, 4.69) is 15.3 Å². The number of likely N-dealkylation sites (tertiary alicyclic amines) is 1. The molecule has 3 rings (SSSR count). The maximum Gasteiger partial charge on any atom is 0.272 e. The minimum absolute atomic E-state index is 0.0928. The van der Waals surface area contributed by atoms with Crippen LogP contribution in [0.1, 0.15) is 41.0 Å². The van der Waals surface area contributed by atoms with Gasteiger partial charge in [0.1, 0.15) is 12.0 Å². The summed E-state index contributed by atoms with van der Waals surface area (Å²) in [6, 6.07) is 0. The van der Waals surface area contributed by atoms with Gasteiger partial charge in [0.25, 0.3) is 5.91 Å². The van der Waals surface area contributed by atoms with Crippen molar-refractivity contribution >= 4 is 5.91 Å². The van der Waals surface area contributed by atoms with Gasteiger partial charge in [0.15, 0.2) is 0 Å². The molecule has 1 aromatic heterocycles. The molecule has 0 bridgehead atoms. The van der Waals surface area contributed by atoms with Gasteiger partial charge in [-0.25, -0.2) is 9.97 Å². The second-order valence-corrected chi connectivity index (χ2v) is 4.93. The van der Waals surface area contributed by atoms with Gasteiger partial charge in [-0.3, -0.25) is 4.79 Å². The second-order valence-electron chi connectivity index (χ2n) is 4.93. The average Bonchev–Trinajstić information content (AvgIpc) is 2.47. The standard InChI is InChI=1S/C13H18N4O/c18-13(17-6-2-1-3-7-17)12-10-4-5-14-8-11(10)15-9-16-12/h9,14H,1-8H2. The van der Waals surface area contributed by atoms with Gasteiger partial charge in [0, 0.05) is 25.2 Å². The number of carbonyl (C=O) groups excluding carboxylic acids is 1. The van der Waals surface area contributed by atoms with Crippen LogP contribution in [0.4, 0.5) is 0 Å². The monoisotopic (exact) mass is 246 g/mol. The van der Waals surface area contributed by atoms with Crippen LogP contribution in [-0.4, -0.2) is 40.4 Å². The summed E-state index contributed by atoms with van der Waals surface area (Å²) in [6.45, 7) is 3.39. The van der Waals surface area contributed by atoms with Gasteiger partial charge in [-0.15, -0.1) is 0 Å². The average molecular weight is 246 g/mol. The Balaban J connectivity index is 1.89. The Morgan fingerprint density at radius 1 is 1.22 bits per heavy atom. The van der Waals surface area contributed by atoms with Gasteiger partial charge in [-0.2, -0.15) is 0 Å². The number of hydrogen-bond donors (Lipinski definition) is 1. The fourth-order valence-corrected chi connectivity index (χ4v) is 2.72. The molecule has 96 valence electrons. The lowest BCUT2D eigenvalue weighted by molar-refractivity contribution is 0.0716. The minimum Gasteiger partial charge on any atom is -0.337 e. The minimum atomic E-state index is 0.0928. The zero-order chi connectivity index (χ0) is 12.4. The first-order chi connectivity index (χ1) is 8.86. The molecule has 1 fully saturated rings. The summed E-state index contributed by atoms with van der Waals surface area (Å²) >= 11 is 0. The lowest BCUT2D eigenvalue weighted by atomic mass is 10.0. The van der Waals surface area contributed by atoms with Gasteiger partial charge in [-0.1, -0.05) is 0 Å². The van der Waals surface area contributed by atoms with Crippen molar-refractivity contribution in [2.45, 2.75) is 32.2 Å². The van der Waals surface area contributed by atoms with E-state index in [-0.39, 0.29) is 5.91 Å². The number of nitrogens with zero attached hydrogens (tertiary/aromatic N) is 3. The van der Waals surface area contributed by atoms with Crippen molar-refractivity contribution < 1.29 is 4.79 Å². The van der Waals surface area contributed by atoms with E-state index in [4.69, 9.17) is 0 Å². The largest absolute Gasteiger partial charge is 0.337 e. The molecule has 0 aliphatic carbocycles. The summed E-state index contributed by atoms with van der Waals surface area (Å²) in [5.74, 6) is 0.0928. The van der Waals surface area contributed by atoms with E-state index in [1.54, 1.807) is 0 Å². The van der Waals surface area contributed by atoms with Crippen LogP contribution in [0.5, 0.6) is 0 Å². The van der Waals surface area contributed by atoms with Crippen LogP contribution in [0.3, 0.4) is 0 Å². The van der Waals surface area contributed by atoms with Crippen molar-refractivity contribution in [2.24, 2.45) is 0 Å². The summed E-state index contributed by atoms with van der Waals surface area (Å²) in [4.78, 5) is 22.9. The number of nitrogens with one attached hydrogen (secondary N) is 1. The van der Waals surface area contributed by atoms with Crippen LogP contribution in [0.2, 0.25) is 0 Å². The lowest BCUT2D eigenvalue weighted by Gasteiger charge is -2.28. The highest BCUT2D eigenvalue weighted by Gasteiger charge is 2.24. The van der Waals surface area contributed by atoms with Crippen LogP contribution in [0.15, 0.2) is 6.33 Å². The number of amides is 1. The molecule has 1 saturated heterocycles. The highest BCUT2D eigenvalue weighted by atomic mass is 16.2. The zero-order valence-corrected chi connectivity index (χ0v) is 10.5. The molecule has 1 aromatic rings. The smallest absolute Gasteiger partial charge is 0.272 e. The topological polar surface area (TPSA) is 58.1 Å². The van der Waals surface area contributed by atoms with Crippen molar-refractivity contribution in [3.05, 3.63) is 23.3 Å². The number of carbonyl (C=O) groups is 1. The van der Waals surface area contributed by atoms with Crippen LogP contribution in [-0.2, 0) is 13.0 Å². The van der Waals surface area contributed by atoms with Gasteiger partial charge < -0.3 is 10.2 Å². The highest BCUT2D eigenvalue weighted by molar-refractivity contribution is 5.94. The summed E-state index contributed by atoms with van der Waals surface area (Å²) in [6.07, 6.45) is 5.82. The Bertz CT molecular complexity index is 454. The molecule has 3 heterocycles. The normalized spacial score (nSPS) is 19.4. The number of fused-ring (bicyclic) bond motifs is 1. The molecular weight excluding hydrogens is 228 g/mol. The summed E-state index contributed by atoms with van der Waals surface area (Å²) in [5, 5.41) is 3.27. The van der Waals surface area contributed by atoms with Gasteiger partial charge in [0.05, 0.1) is 5.69 Å². The molecule has 0 spiro atoms. The Morgan fingerprint density at radius 3 is 2.89 bits per heavy atom. The number of hydrogen-bond acceptors (Lipinski definition) is 4. The van der Waals surface area contributed by atoms with E-state index in [1.807, 2.05) is 4.90 Å². The molecule has 0 radical (unpaired) electrons. The molecule has 1 amide bonds. The zero-order valence-electron chi connectivity index (χ0n) is 10.5. The van der Waals surface area contributed by atoms with E-state index >= 15 is 0 Å². The van der Waals surface area contributed by atoms with Crippen LogP contribution in [0.25, 0.3) is 0 Å². The fraction of sp³-hybridized carbons (Fsp3) is 0.615. The molecule has 18 heavy (non-hydrogen) atoms. The maximum atomic E-state index is 12.5. The molecule has 1 N–H and O–H groups in total. The molecule has 2 aliphatic rings. The lowest BCUT2D eigenvalue weighted by Crippen LogP contribution is -2.38. The molecule has 0 unspecified atom stereocenters. The van der Waals surface area contributed by atoms with E-state index in [0.717, 1.165) is 56.7 Å². The third-order valence-corrected chi connectivity index (χ3v) is 3.72. The highest BCUT2D eigenvalue weighted by Crippen LogP contribution is 2.18. The summed E-state index contributed by atoms with van der Waals surface area (Å²) in [7, 11) is 0. The molecule has 5 heteroatoms. The first-order valence-electron chi connectivity index (χ1n) is 6.69. The van der Waals surface area contributed by atoms with Crippen LogP contribution in [0, 0.1) is 0 Å². The summed E-state index contributed by atoms with van der Waals surface area (Å²) < 4.78 is 0. The van der Waals surface area contributed by atoms with Crippen molar-refractivity contribution in [3.8, 4) is 0 Å². The molecule has 5 nitrogen and oxygen atoms in total. The van der Waals surface area contributed by atoms with Gasteiger partial charge in [-0.05, 0) is 32.2 Å². The SMILES string of the molecule is O=C(c1ncnc2c1CCNC2)N1CCCCC1. The molecule has 0 aromatic carbocycles. The van der Waals surface area contributed by atoms with Gasteiger partial charge >= 0.3 is 0 Å². The van der Waals surface area contributed by atoms with Crippen LogP contribution >= 0.6 is 0 Å². The number of piperidine rings is 1. The summed E-state index contributed by atoms with van der Waals surface area (Å²) in [5.41, 5.74) is 2.66. The van der Waals surface area contributed by atoms with Crippen molar-refractivity contribution in [1.29, 1.82) is 0 Å². The predicted octanol–water partition coefficient (Wildman–Crippen LogP) is 0.748. The Morgan fingerprint density at radius 2 is 2.06 bits per heavy atom. The molecule has 2 aliphatic heterocycles. The molecule has 0 saturated carbocycles. The number of aromatic nitrogens is 2. The fourth-order valence-electron chi connectivity index (χ4n) is 2.72. The van der Waals surface area contributed by atoms with E-state index in [0.29, 0.717) is 5.69 Å². The molecule has 0 atom stereocenters. The number of rotatable bonds is 1. The Hall–Kier alpha value is -1.49. The quantitative estimate of drug-likeness (QED) is 0.794. The Labute approximate surface area is 107 Å². The van der Waals surface area contributed by atoms with Crippen LogP contribution < -0.4 is 5.32 Å².